The molecule has 20 heavy (non-hydrogen) atoms. The molecule has 0 aliphatic carbocycles. The second-order valence-corrected chi connectivity index (χ2v) is 4.84. The summed E-state index contributed by atoms with van der Waals surface area (Å²) in [5, 5.41) is 0. The molecule has 0 N–H and O–H groups in total. The summed E-state index contributed by atoms with van der Waals surface area (Å²) < 4.78 is 0. The fraction of sp³-hybridized carbons (Fsp3) is 0.167. The van der Waals surface area contributed by atoms with E-state index in [1.54, 1.807) is 12.1 Å². The number of fused-ring (bicyclic) bond motifs is 1. The maximum absolute atomic E-state index is 10.6. The van der Waals surface area contributed by atoms with E-state index in [4.69, 9.17) is 0 Å². The molecule has 0 saturated carbocycles. The SMILES string of the molecule is O=Cc1ccc(C#CCN2CCc3ccccc32)cc1. The van der Waals surface area contributed by atoms with E-state index in [1.807, 2.05) is 12.1 Å². The zero-order valence-corrected chi connectivity index (χ0v) is 11.2. The van der Waals surface area contributed by atoms with Gasteiger partial charge in [0.05, 0.1) is 6.54 Å². The van der Waals surface area contributed by atoms with Gasteiger partial charge in [0.25, 0.3) is 0 Å². The normalized spacial score (nSPS) is 12.5. The van der Waals surface area contributed by atoms with Crippen LogP contribution in [-0.2, 0) is 6.42 Å². The van der Waals surface area contributed by atoms with Crippen LogP contribution < -0.4 is 4.90 Å². The molecule has 1 heterocycles. The van der Waals surface area contributed by atoms with Crippen LogP contribution in [0.4, 0.5) is 5.69 Å². The number of nitrogens with zero attached hydrogens (tertiary/aromatic N) is 1. The Kier molecular flexibility index (Phi) is 3.52. The Morgan fingerprint density at radius 1 is 1.10 bits per heavy atom. The fourth-order valence-corrected chi connectivity index (χ4v) is 2.45. The molecule has 0 saturated heterocycles. The van der Waals surface area contributed by atoms with Crippen molar-refractivity contribution in [1.29, 1.82) is 0 Å². The number of carbonyl (C=O) groups excluding carboxylic acids is 1. The van der Waals surface area contributed by atoms with Gasteiger partial charge in [-0.2, -0.15) is 0 Å². The van der Waals surface area contributed by atoms with Crippen LogP contribution in [0.1, 0.15) is 21.5 Å². The van der Waals surface area contributed by atoms with E-state index in [1.165, 1.54) is 11.3 Å². The summed E-state index contributed by atoms with van der Waals surface area (Å²) in [5.41, 5.74) is 4.34. The minimum absolute atomic E-state index is 0.684. The van der Waals surface area contributed by atoms with Crippen molar-refractivity contribution in [2.75, 3.05) is 18.0 Å². The first-order valence-electron chi connectivity index (χ1n) is 6.74. The zero-order chi connectivity index (χ0) is 13.8. The Morgan fingerprint density at radius 2 is 1.90 bits per heavy atom. The average molecular weight is 261 g/mol. The number of aldehydes is 1. The predicted octanol–water partition coefficient (Wildman–Crippen LogP) is 2.91. The number of para-hydroxylation sites is 1. The lowest BCUT2D eigenvalue weighted by molar-refractivity contribution is 0.112. The van der Waals surface area contributed by atoms with Crippen molar-refractivity contribution >= 4 is 12.0 Å². The molecule has 2 heteroatoms. The molecular weight excluding hydrogens is 246 g/mol. The molecule has 2 aromatic carbocycles. The third-order valence-electron chi connectivity index (χ3n) is 3.53. The second-order valence-electron chi connectivity index (χ2n) is 4.84. The van der Waals surface area contributed by atoms with E-state index < -0.39 is 0 Å². The quantitative estimate of drug-likeness (QED) is 0.612. The van der Waals surface area contributed by atoms with Crippen LogP contribution in [-0.4, -0.2) is 19.4 Å². The highest BCUT2D eigenvalue weighted by Gasteiger charge is 2.16. The van der Waals surface area contributed by atoms with Crippen molar-refractivity contribution < 1.29 is 4.79 Å². The van der Waals surface area contributed by atoms with Crippen molar-refractivity contribution in [1.82, 2.24) is 0 Å². The topological polar surface area (TPSA) is 20.3 Å². The van der Waals surface area contributed by atoms with Gasteiger partial charge in [0.1, 0.15) is 6.29 Å². The van der Waals surface area contributed by atoms with E-state index in [9.17, 15) is 4.79 Å². The number of anilines is 1. The van der Waals surface area contributed by atoms with Crippen molar-refractivity contribution in [3.63, 3.8) is 0 Å². The molecule has 1 aliphatic heterocycles. The summed E-state index contributed by atoms with van der Waals surface area (Å²) in [4.78, 5) is 12.9. The monoisotopic (exact) mass is 261 g/mol. The van der Waals surface area contributed by atoms with Gasteiger partial charge in [-0.05, 0) is 30.2 Å². The zero-order valence-electron chi connectivity index (χ0n) is 11.2. The molecule has 3 rings (SSSR count). The van der Waals surface area contributed by atoms with Crippen LogP contribution >= 0.6 is 0 Å². The number of carbonyl (C=O) groups is 1. The van der Waals surface area contributed by atoms with Gasteiger partial charge >= 0.3 is 0 Å². The van der Waals surface area contributed by atoms with Gasteiger partial charge in [0.15, 0.2) is 0 Å². The largest absolute Gasteiger partial charge is 0.360 e. The Balaban J connectivity index is 1.69. The Hall–Kier alpha value is -2.53. The minimum atomic E-state index is 0.684. The van der Waals surface area contributed by atoms with Gasteiger partial charge in [0.2, 0.25) is 0 Å². The van der Waals surface area contributed by atoms with Gasteiger partial charge in [-0.1, -0.05) is 42.2 Å². The Morgan fingerprint density at radius 3 is 2.70 bits per heavy atom. The van der Waals surface area contributed by atoms with E-state index in [0.717, 1.165) is 31.4 Å². The lowest BCUT2D eigenvalue weighted by atomic mass is 10.1. The van der Waals surface area contributed by atoms with Crippen LogP contribution in [0, 0.1) is 11.8 Å². The van der Waals surface area contributed by atoms with Crippen LogP contribution in [0.5, 0.6) is 0 Å². The number of hydrogen-bond acceptors (Lipinski definition) is 2. The van der Waals surface area contributed by atoms with Gasteiger partial charge in [-0.3, -0.25) is 4.79 Å². The molecule has 0 fully saturated rings. The fourth-order valence-electron chi connectivity index (χ4n) is 2.45. The number of rotatable bonds is 2. The summed E-state index contributed by atoms with van der Waals surface area (Å²) in [7, 11) is 0. The van der Waals surface area contributed by atoms with Crippen molar-refractivity contribution in [3.8, 4) is 11.8 Å². The van der Waals surface area contributed by atoms with Crippen molar-refractivity contribution in [2.45, 2.75) is 6.42 Å². The van der Waals surface area contributed by atoms with Crippen LogP contribution in [0.2, 0.25) is 0 Å². The number of hydrogen-bond donors (Lipinski definition) is 0. The number of benzene rings is 2. The maximum Gasteiger partial charge on any atom is 0.150 e. The van der Waals surface area contributed by atoms with Gasteiger partial charge in [-0.15, -0.1) is 0 Å². The van der Waals surface area contributed by atoms with Crippen molar-refractivity contribution in [3.05, 3.63) is 65.2 Å². The van der Waals surface area contributed by atoms with E-state index in [2.05, 4.69) is 41.0 Å². The summed E-state index contributed by atoms with van der Waals surface area (Å²) in [6, 6.07) is 15.8. The molecule has 2 aromatic rings. The molecule has 1 aliphatic rings. The van der Waals surface area contributed by atoms with Crippen LogP contribution in [0.3, 0.4) is 0 Å². The molecule has 0 unspecified atom stereocenters. The first kappa shape index (κ1) is 12.5. The Labute approximate surface area is 119 Å². The molecule has 0 spiro atoms. The van der Waals surface area contributed by atoms with E-state index in [0.29, 0.717) is 5.56 Å². The predicted molar refractivity (Wildman–Crippen MR) is 81.1 cm³/mol. The standard InChI is InChI=1S/C18H15NO/c20-14-16-9-7-15(8-10-16)4-3-12-19-13-11-17-5-1-2-6-18(17)19/h1-2,5-10,14H,11-13H2. The van der Waals surface area contributed by atoms with Crippen LogP contribution in [0.15, 0.2) is 48.5 Å². The average Bonchev–Trinajstić information content (AvgIpc) is 2.92. The molecule has 0 aromatic heterocycles. The molecule has 98 valence electrons. The van der Waals surface area contributed by atoms with Gasteiger partial charge in [-0.25, -0.2) is 0 Å². The van der Waals surface area contributed by atoms with Crippen LogP contribution in [0.25, 0.3) is 0 Å². The minimum Gasteiger partial charge on any atom is -0.360 e. The molecule has 0 radical (unpaired) electrons. The van der Waals surface area contributed by atoms with Gasteiger partial charge < -0.3 is 4.90 Å². The third kappa shape index (κ3) is 2.57. The smallest absolute Gasteiger partial charge is 0.150 e. The first-order chi connectivity index (χ1) is 9.86. The van der Waals surface area contributed by atoms with E-state index in [-0.39, 0.29) is 0 Å². The molecule has 0 atom stereocenters. The molecule has 0 bridgehead atoms. The summed E-state index contributed by atoms with van der Waals surface area (Å²) in [5.74, 6) is 6.36. The third-order valence-corrected chi connectivity index (χ3v) is 3.53. The summed E-state index contributed by atoms with van der Waals surface area (Å²) >= 11 is 0. The molecular formula is C18H15NO. The maximum atomic E-state index is 10.6. The lowest BCUT2D eigenvalue weighted by Crippen LogP contribution is -2.20. The Bertz CT molecular complexity index is 677. The van der Waals surface area contributed by atoms with E-state index >= 15 is 0 Å². The molecule has 2 nitrogen and oxygen atoms in total. The first-order valence-corrected chi connectivity index (χ1v) is 6.74. The lowest BCUT2D eigenvalue weighted by Gasteiger charge is -2.15. The highest BCUT2D eigenvalue weighted by atomic mass is 16.1. The summed E-state index contributed by atoms with van der Waals surface area (Å²) in [6.07, 6.45) is 1.95. The summed E-state index contributed by atoms with van der Waals surface area (Å²) in [6.45, 7) is 1.78. The highest BCUT2D eigenvalue weighted by Crippen LogP contribution is 2.26. The highest BCUT2D eigenvalue weighted by molar-refractivity contribution is 5.74. The van der Waals surface area contributed by atoms with Gasteiger partial charge in [0, 0.05) is 23.4 Å². The van der Waals surface area contributed by atoms with Crippen molar-refractivity contribution in [2.24, 2.45) is 0 Å². The second kappa shape index (κ2) is 5.63. The molecule has 0 amide bonds.